The minimum absolute atomic E-state index is 0.103. The van der Waals surface area contributed by atoms with Gasteiger partial charge in [-0.15, -0.1) is 0 Å². The van der Waals surface area contributed by atoms with Crippen LogP contribution in [0.4, 0.5) is 17.1 Å². The van der Waals surface area contributed by atoms with Crippen LogP contribution in [-0.2, 0) is 0 Å². The molecule has 0 atom stereocenters. The van der Waals surface area contributed by atoms with E-state index in [-0.39, 0.29) is 22.7 Å². The third-order valence-corrected chi connectivity index (χ3v) is 4.73. The van der Waals surface area contributed by atoms with E-state index >= 15 is 0 Å². The lowest BCUT2D eigenvalue weighted by molar-refractivity contribution is -0.384. The summed E-state index contributed by atoms with van der Waals surface area (Å²) in [5.41, 5.74) is 6.58. The number of para-hydroxylation sites is 1. The van der Waals surface area contributed by atoms with E-state index in [1.165, 1.54) is 6.07 Å². The van der Waals surface area contributed by atoms with Crippen molar-refractivity contribution in [1.29, 1.82) is 0 Å². The molecule has 1 aliphatic rings. The Labute approximate surface area is 168 Å². The highest BCUT2D eigenvalue weighted by molar-refractivity contribution is 6.09. The van der Waals surface area contributed by atoms with Crippen molar-refractivity contribution in [3.05, 3.63) is 63.7 Å². The van der Waals surface area contributed by atoms with Crippen LogP contribution in [0.3, 0.4) is 0 Å². The Morgan fingerprint density at radius 2 is 1.83 bits per heavy atom. The Bertz CT molecular complexity index is 925. The van der Waals surface area contributed by atoms with Gasteiger partial charge in [0.25, 0.3) is 17.5 Å². The lowest BCUT2D eigenvalue weighted by Crippen LogP contribution is -2.30. The zero-order chi connectivity index (χ0) is 20.8. The van der Waals surface area contributed by atoms with Crippen molar-refractivity contribution >= 4 is 28.9 Å². The van der Waals surface area contributed by atoms with Crippen molar-refractivity contribution in [2.45, 2.75) is 12.8 Å². The van der Waals surface area contributed by atoms with Gasteiger partial charge in [0, 0.05) is 37.8 Å². The molecule has 29 heavy (non-hydrogen) atoms. The molecule has 9 heteroatoms. The second-order valence-electron chi connectivity index (χ2n) is 6.70. The lowest BCUT2D eigenvalue weighted by atomic mass is 10.1. The highest BCUT2D eigenvalue weighted by atomic mass is 16.6. The van der Waals surface area contributed by atoms with E-state index < -0.39 is 10.8 Å². The number of hydrogen-bond acceptors (Lipinski definition) is 6. The minimum atomic E-state index is -0.528. The molecule has 0 aliphatic carbocycles. The molecule has 1 fully saturated rings. The smallest absolute Gasteiger partial charge is 0.293 e. The summed E-state index contributed by atoms with van der Waals surface area (Å²) in [5, 5.41) is 16.9. The Morgan fingerprint density at radius 3 is 2.52 bits per heavy atom. The summed E-state index contributed by atoms with van der Waals surface area (Å²) >= 11 is 0. The maximum absolute atomic E-state index is 12.7. The number of amides is 2. The fourth-order valence-corrected chi connectivity index (χ4v) is 3.30. The molecule has 152 valence electrons. The molecule has 1 aliphatic heterocycles. The van der Waals surface area contributed by atoms with Crippen LogP contribution in [0.2, 0.25) is 0 Å². The Kier molecular flexibility index (Phi) is 6.40. The summed E-state index contributed by atoms with van der Waals surface area (Å²) in [5.74, 6) is -0.887. The first kappa shape index (κ1) is 20.3. The second-order valence-corrected chi connectivity index (χ2v) is 6.70. The van der Waals surface area contributed by atoms with Crippen LogP contribution in [0, 0.1) is 10.1 Å². The van der Waals surface area contributed by atoms with Gasteiger partial charge in [-0.25, -0.2) is 0 Å². The molecule has 0 aromatic heterocycles. The van der Waals surface area contributed by atoms with Gasteiger partial charge in [-0.2, -0.15) is 0 Å². The molecule has 9 nitrogen and oxygen atoms in total. The third kappa shape index (κ3) is 4.69. The molecule has 0 saturated carbocycles. The van der Waals surface area contributed by atoms with Crippen molar-refractivity contribution in [3.63, 3.8) is 0 Å². The summed E-state index contributed by atoms with van der Waals surface area (Å²) in [7, 11) is 0. The Hall–Kier alpha value is -3.46. The summed E-state index contributed by atoms with van der Waals surface area (Å²) in [4.78, 5) is 38.0. The third-order valence-electron chi connectivity index (χ3n) is 4.73. The highest BCUT2D eigenvalue weighted by Crippen LogP contribution is 2.32. The van der Waals surface area contributed by atoms with Crippen LogP contribution in [0.15, 0.2) is 42.5 Å². The Morgan fingerprint density at radius 1 is 1.10 bits per heavy atom. The van der Waals surface area contributed by atoms with Crippen molar-refractivity contribution < 1.29 is 14.5 Å². The van der Waals surface area contributed by atoms with Gasteiger partial charge >= 0.3 is 0 Å². The molecule has 2 aromatic rings. The van der Waals surface area contributed by atoms with Crippen LogP contribution in [0.5, 0.6) is 0 Å². The van der Waals surface area contributed by atoms with Gasteiger partial charge in [-0.3, -0.25) is 19.7 Å². The van der Waals surface area contributed by atoms with E-state index in [0.29, 0.717) is 24.5 Å². The maximum atomic E-state index is 12.7. The zero-order valence-electron chi connectivity index (χ0n) is 15.9. The maximum Gasteiger partial charge on any atom is 0.293 e. The van der Waals surface area contributed by atoms with E-state index in [4.69, 9.17) is 5.73 Å². The van der Waals surface area contributed by atoms with E-state index in [2.05, 4.69) is 10.6 Å². The molecular weight excluding hydrogens is 374 g/mol. The first-order valence-corrected chi connectivity index (χ1v) is 9.43. The average molecular weight is 397 g/mol. The number of nitro groups is 1. The lowest BCUT2D eigenvalue weighted by Gasteiger charge is -2.18. The molecule has 1 saturated heterocycles. The first-order valence-electron chi connectivity index (χ1n) is 9.43. The van der Waals surface area contributed by atoms with Gasteiger partial charge in [0.2, 0.25) is 0 Å². The number of hydrogen-bond donors (Lipinski definition) is 3. The number of nitrogens with zero attached hydrogens (tertiary/aromatic N) is 2. The summed E-state index contributed by atoms with van der Waals surface area (Å²) in [6.07, 6.45) is 1.98. The van der Waals surface area contributed by atoms with Crippen LogP contribution in [0.1, 0.15) is 33.6 Å². The van der Waals surface area contributed by atoms with Gasteiger partial charge in [0.1, 0.15) is 5.69 Å². The van der Waals surface area contributed by atoms with Crippen molar-refractivity contribution in [2.24, 2.45) is 5.73 Å². The molecule has 0 bridgehead atoms. The number of rotatable bonds is 7. The number of nitrogens with one attached hydrogen (secondary N) is 2. The van der Waals surface area contributed by atoms with Gasteiger partial charge < -0.3 is 21.3 Å². The number of carbonyl (C=O) groups excluding carboxylic acids is 2. The van der Waals surface area contributed by atoms with Gasteiger partial charge in [-0.05, 0) is 37.1 Å². The fraction of sp³-hybridized carbons (Fsp3) is 0.300. The van der Waals surface area contributed by atoms with Gasteiger partial charge in [0.15, 0.2) is 0 Å². The molecule has 3 rings (SSSR count). The summed E-state index contributed by atoms with van der Waals surface area (Å²) in [6, 6.07) is 11.0. The number of nitro benzene ring substituents is 1. The second kappa shape index (κ2) is 9.16. The van der Waals surface area contributed by atoms with E-state index in [1.807, 2.05) is 4.90 Å². The fourth-order valence-electron chi connectivity index (χ4n) is 3.30. The molecule has 2 aromatic carbocycles. The minimum Gasteiger partial charge on any atom is -0.366 e. The quantitative estimate of drug-likeness (QED) is 0.485. The van der Waals surface area contributed by atoms with E-state index in [1.54, 1.807) is 36.4 Å². The molecule has 0 spiro atoms. The predicted octanol–water partition coefficient (Wildman–Crippen LogP) is 2.14. The first-order chi connectivity index (χ1) is 14.0. The van der Waals surface area contributed by atoms with Gasteiger partial charge in [-0.1, -0.05) is 12.1 Å². The zero-order valence-corrected chi connectivity index (χ0v) is 15.9. The van der Waals surface area contributed by atoms with Crippen molar-refractivity contribution in [2.75, 3.05) is 36.4 Å². The summed E-state index contributed by atoms with van der Waals surface area (Å²) in [6.45, 7) is 2.13. The van der Waals surface area contributed by atoms with Crippen LogP contribution < -0.4 is 21.3 Å². The SMILES string of the molecule is NCCNC(=O)c1ccccc1NC(=O)c1ccc(N2CCCC2)c([N+](=O)[O-])c1. The number of nitrogens with two attached hydrogens (primary N) is 1. The van der Waals surface area contributed by atoms with Crippen molar-refractivity contribution in [3.8, 4) is 0 Å². The normalized spacial score (nSPS) is 13.2. The molecule has 0 radical (unpaired) electrons. The molecule has 2 amide bonds. The monoisotopic (exact) mass is 397 g/mol. The predicted molar refractivity (Wildman–Crippen MR) is 110 cm³/mol. The van der Waals surface area contributed by atoms with Crippen molar-refractivity contribution in [1.82, 2.24) is 5.32 Å². The van der Waals surface area contributed by atoms with Crippen LogP contribution in [-0.4, -0.2) is 42.9 Å². The molecule has 0 unspecified atom stereocenters. The molecular formula is C20H23N5O4. The number of benzene rings is 2. The topological polar surface area (TPSA) is 131 Å². The van der Waals surface area contributed by atoms with E-state index in [0.717, 1.165) is 25.9 Å². The molecule has 4 N–H and O–H groups in total. The molecule has 1 heterocycles. The standard InChI is InChI=1S/C20H23N5O4/c21-9-10-22-20(27)15-5-1-2-6-16(15)23-19(26)14-7-8-17(18(13-14)25(28)29)24-11-3-4-12-24/h1-2,5-8,13H,3-4,9-12,21H2,(H,22,27)(H,23,26). The largest absolute Gasteiger partial charge is 0.366 e. The number of anilines is 2. The Balaban J connectivity index is 1.84. The van der Waals surface area contributed by atoms with Gasteiger partial charge in [0.05, 0.1) is 16.2 Å². The summed E-state index contributed by atoms with van der Waals surface area (Å²) < 4.78 is 0. The number of carbonyl (C=O) groups is 2. The van der Waals surface area contributed by atoms with Crippen LogP contribution in [0.25, 0.3) is 0 Å². The van der Waals surface area contributed by atoms with Crippen LogP contribution >= 0.6 is 0 Å². The highest BCUT2D eigenvalue weighted by Gasteiger charge is 2.24. The van der Waals surface area contributed by atoms with E-state index in [9.17, 15) is 19.7 Å². The average Bonchev–Trinajstić information content (AvgIpc) is 3.26.